The van der Waals surface area contributed by atoms with Crippen molar-refractivity contribution in [3.8, 4) is 23.0 Å². The summed E-state index contributed by atoms with van der Waals surface area (Å²) in [7, 11) is 0. The Morgan fingerprint density at radius 3 is 1.15 bits per heavy atom. The van der Waals surface area contributed by atoms with E-state index in [0.29, 0.717) is 11.8 Å². The number of nitrogens with two attached hydrogens (primary N) is 2. The van der Waals surface area contributed by atoms with Crippen LogP contribution in [0.5, 0.6) is 23.0 Å². The fraction of sp³-hybridized carbons (Fsp3) is 0.200. The van der Waals surface area contributed by atoms with Gasteiger partial charge in [-0.2, -0.15) is 0 Å². The second kappa shape index (κ2) is 9.92. The number of rotatable bonds is 6. The van der Waals surface area contributed by atoms with Gasteiger partial charge in [0.1, 0.15) is 23.0 Å². The average Bonchev–Trinajstić information content (AvgIpc) is 2.88. The van der Waals surface area contributed by atoms with Crippen LogP contribution < -0.4 is 20.9 Å². The molecule has 1 fully saturated rings. The predicted molar refractivity (Wildman–Crippen MR) is 139 cm³/mol. The Balaban J connectivity index is 1.21. The first-order chi connectivity index (χ1) is 16.6. The third-order valence-electron chi connectivity index (χ3n) is 6.61. The van der Waals surface area contributed by atoms with Crippen LogP contribution in [0.4, 0.5) is 11.4 Å². The summed E-state index contributed by atoms with van der Waals surface area (Å²) >= 11 is 0. The standard InChI is InChI=1S/C30H30N2O2/c31-25-8-16-29(17-9-25)33-27-12-4-21(5-13-27)23-2-1-3-24(20-23)22-6-14-28(15-7-22)34-30-18-10-26(32)11-19-30/h4-19,23-24H,1-3,20,31-32H2/t23-,24+. The highest BCUT2D eigenvalue weighted by atomic mass is 16.5. The largest absolute Gasteiger partial charge is 0.457 e. The summed E-state index contributed by atoms with van der Waals surface area (Å²) < 4.78 is 11.9. The molecule has 0 heterocycles. The topological polar surface area (TPSA) is 70.5 Å². The van der Waals surface area contributed by atoms with Crippen LogP contribution in [0.25, 0.3) is 0 Å². The Morgan fingerprint density at radius 1 is 0.471 bits per heavy atom. The summed E-state index contributed by atoms with van der Waals surface area (Å²) in [6.45, 7) is 0. The van der Waals surface area contributed by atoms with Crippen molar-refractivity contribution in [1.29, 1.82) is 0 Å². The molecule has 1 aliphatic carbocycles. The maximum atomic E-state index is 5.95. The van der Waals surface area contributed by atoms with Crippen LogP contribution in [0, 0.1) is 0 Å². The van der Waals surface area contributed by atoms with Gasteiger partial charge in [-0.15, -0.1) is 0 Å². The molecule has 34 heavy (non-hydrogen) atoms. The van der Waals surface area contributed by atoms with Crippen LogP contribution >= 0.6 is 0 Å². The van der Waals surface area contributed by atoms with Gasteiger partial charge in [0.25, 0.3) is 0 Å². The highest BCUT2D eigenvalue weighted by molar-refractivity contribution is 5.44. The summed E-state index contributed by atoms with van der Waals surface area (Å²) in [5.41, 5.74) is 15.7. The van der Waals surface area contributed by atoms with E-state index in [1.54, 1.807) is 0 Å². The molecule has 0 aliphatic heterocycles. The van der Waals surface area contributed by atoms with Crippen molar-refractivity contribution in [2.75, 3.05) is 11.5 Å². The molecule has 4 aromatic carbocycles. The molecule has 5 rings (SSSR count). The third kappa shape index (κ3) is 5.34. The molecule has 0 saturated heterocycles. The predicted octanol–water partition coefficient (Wildman–Crippen LogP) is 7.88. The van der Waals surface area contributed by atoms with E-state index in [-0.39, 0.29) is 0 Å². The molecule has 4 aromatic rings. The molecule has 4 heteroatoms. The van der Waals surface area contributed by atoms with Crippen molar-refractivity contribution in [3.63, 3.8) is 0 Å². The number of hydrogen-bond acceptors (Lipinski definition) is 4. The molecular weight excluding hydrogens is 420 g/mol. The number of ether oxygens (including phenoxy) is 2. The Kier molecular flexibility index (Phi) is 6.39. The SMILES string of the molecule is Nc1ccc(Oc2ccc([C@@H]3CCC[C@H](c4ccc(Oc5ccc(N)cc5)cc4)C3)cc2)cc1. The number of anilines is 2. The molecule has 0 unspecified atom stereocenters. The molecule has 4 nitrogen and oxygen atoms in total. The van der Waals surface area contributed by atoms with Crippen molar-refractivity contribution in [2.24, 2.45) is 0 Å². The Morgan fingerprint density at radius 2 is 0.794 bits per heavy atom. The molecule has 0 spiro atoms. The van der Waals surface area contributed by atoms with Crippen molar-refractivity contribution in [2.45, 2.75) is 37.5 Å². The summed E-state index contributed by atoms with van der Waals surface area (Å²) in [6.07, 6.45) is 4.86. The van der Waals surface area contributed by atoms with Gasteiger partial charge in [-0.3, -0.25) is 0 Å². The molecule has 2 atom stereocenters. The van der Waals surface area contributed by atoms with E-state index in [1.165, 1.54) is 30.4 Å². The molecule has 0 radical (unpaired) electrons. The van der Waals surface area contributed by atoms with Gasteiger partial charge in [0, 0.05) is 11.4 Å². The van der Waals surface area contributed by atoms with E-state index < -0.39 is 0 Å². The highest BCUT2D eigenvalue weighted by Gasteiger charge is 2.24. The maximum Gasteiger partial charge on any atom is 0.127 e. The zero-order valence-corrected chi connectivity index (χ0v) is 19.2. The van der Waals surface area contributed by atoms with Gasteiger partial charge in [-0.25, -0.2) is 0 Å². The van der Waals surface area contributed by atoms with E-state index in [1.807, 2.05) is 48.5 Å². The molecule has 1 saturated carbocycles. The molecule has 1 aliphatic rings. The summed E-state index contributed by atoms with van der Waals surface area (Å²) in [6, 6.07) is 32.1. The summed E-state index contributed by atoms with van der Waals surface area (Å²) in [5, 5.41) is 0. The first-order valence-electron chi connectivity index (χ1n) is 11.9. The van der Waals surface area contributed by atoms with Crippen LogP contribution in [0.3, 0.4) is 0 Å². The van der Waals surface area contributed by atoms with Crippen LogP contribution in [0.1, 0.15) is 48.6 Å². The van der Waals surface area contributed by atoms with Gasteiger partial charge in [0.05, 0.1) is 0 Å². The summed E-state index contributed by atoms with van der Waals surface area (Å²) in [4.78, 5) is 0. The number of nitrogen functional groups attached to an aromatic ring is 2. The first-order valence-corrected chi connectivity index (χ1v) is 11.9. The van der Waals surface area contributed by atoms with Crippen LogP contribution in [0.15, 0.2) is 97.1 Å². The lowest BCUT2D eigenvalue weighted by Crippen LogP contribution is -2.13. The minimum atomic E-state index is 0.565. The van der Waals surface area contributed by atoms with Gasteiger partial charge < -0.3 is 20.9 Å². The quantitative estimate of drug-likeness (QED) is 0.293. The van der Waals surface area contributed by atoms with E-state index in [9.17, 15) is 0 Å². The van der Waals surface area contributed by atoms with Gasteiger partial charge in [-0.05, 0) is 115 Å². The van der Waals surface area contributed by atoms with Gasteiger partial charge in [0.2, 0.25) is 0 Å². The molecule has 0 amide bonds. The number of benzene rings is 4. The normalized spacial score (nSPS) is 17.8. The minimum absolute atomic E-state index is 0.565. The zero-order valence-electron chi connectivity index (χ0n) is 19.2. The smallest absolute Gasteiger partial charge is 0.127 e. The molecule has 0 bridgehead atoms. The Labute approximate surface area is 201 Å². The average molecular weight is 451 g/mol. The lowest BCUT2D eigenvalue weighted by molar-refractivity contribution is 0.393. The lowest BCUT2D eigenvalue weighted by Gasteiger charge is -2.30. The zero-order chi connectivity index (χ0) is 23.3. The van der Waals surface area contributed by atoms with E-state index in [4.69, 9.17) is 20.9 Å². The van der Waals surface area contributed by atoms with E-state index in [2.05, 4.69) is 48.5 Å². The summed E-state index contributed by atoms with van der Waals surface area (Å²) in [5.74, 6) is 4.41. The minimum Gasteiger partial charge on any atom is -0.457 e. The second-order valence-corrected chi connectivity index (χ2v) is 9.04. The van der Waals surface area contributed by atoms with E-state index >= 15 is 0 Å². The van der Waals surface area contributed by atoms with E-state index in [0.717, 1.165) is 40.8 Å². The highest BCUT2D eigenvalue weighted by Crippen LogP contribution is 2.42. The van der Waals surface area contributed by atoms with Crippen LogP contribution in [0.2, 0.25) is 0 Å². The van der Waals surface area contributed by atoms with Gasteiger partial charge >= 0.3 is 0 Å². The second-order valence-electron chi connectivity index (χ2n) is 9.04. The fourth-order valence-corrected chi connectivity index (χ4v) is 4.76. The molecular formula is C30H30N2O2. The Bertz CT molecular complexity index is 1100. The molecule has 172 valence electrons. The molecule has 0 aromatic heterocycles. The van der Waals surface area contributed by atoms with Crippen LogP contribution in [-0.4, -0.2) is 0 Å². The van der Waals surface area contributed by atoms with Crippen molar-refractivity contribution >= 4 is 11.4 Å². The molecule has 4 N–H and O–H groups in total. The van der Waals surface area contributed by atoms with Gasteiger partial charge in [-0.1, -0.05) is 30.7 Å². The lowest BCUT2D eigenvalue weighted by atomic mass is 9.75. The monoisotopic (exact) mass is 450 g/mol. The third-order valence-corrected chi connectivity index (χ3v) is 6.61. The van der Waals surface area contributed by atoms with Crippen LogP contribution in [-0.2, 0) is 0 Å². The van der Waals surface area contributed by atoms with Crippen molar-refractivity contribution in [3.05, 3.63) is 108 Å². The maximum absolute atomic E-state index is 5.95. The number of hydrogen-bond donors (Lipinski definition) is 2. The Hall–Kier alpha value is -3.92. The van der Waals surface area contributed by atoms with Crippen molar-refractivity contribution < 1.29 is 9.47 Å². The first kappa shape index (κ1) is 21.9. The van der Waals surface area contributed by atoms with Crippen molar-refractivity contribution in [1.82, 2.24) is 0 Å². The fourth-order valence-electron chi connectivity index (χ4n) is 4.76. The van der Waals surface area contributed by atoms with Gasteiger partial charge in [0.15, 0.2) is 0 Å².